The zero-order chi connectivity index (χ0) is 32.2. The molecule has 2 aromatic carbocycles. The summed E-state index contributed by atoms with van der Waals surface area (Å²) in [5.41, 5.74) is 6.66. The number of likely N-dealkylation sites (tertiary alicyclic amines) is 1. The molecule has 5 rings (SSSR count). The zero-order valence-electron chi connectivity index (χ0n) is 26.6. The monoisotopic (exact) mass is 622 g/mol. The van der Waals surface area contributed by atoms with Crippen LogP contribution in [-0.4, -0.2) is 52.1 Å². The maximum Gasteiger partial charge on any atom is 0.251 e. The topological polar surface area (TPSA) is 74.6 Å². The van der Waals surface area contributed by atoms with E-state index in [0.717, 1.165) is 54.9 Å². The second kappa shape index (κ2) is 16.6. The molecule has 1 saturated heterocycles. The number of carbonyl (C=O) groups is 1. The number of anilines is 2. The van der Waals surface area contributed by atoms with Gasteiger partial charge in [-0.05, 0) is 125 Å². The van der Waals surface area contributed by atoms with Gasteiger partial charge >= 0.3 is 0 Å². The van der Waals surface area contributed by atoms with Gasteiger partial charge in [0.2, 0.25) is 5.95 Å². The Morgan fingerprint density at radius 3 is 2.47 bits per heavy atom. The van der Waals surface area contributed by atoms with Crippen molar-refractivity contribution in [2.24, 2.45) is 5.92 Å². The third-order valence-corrected chi connectivity index (χ3v) is 8.05. The first kappa shape index (κ1) is 33.4. The van der Waals surface area contributed by atoms with Crippen molar-refractivity contribution in [1.29, 1.82) is 0 Å². The number of benzene rings is 2. The maximum absolute atomic E-state index is 12.6. The second-order valence-corrected chi connectivity index (χ2v) is 11.7. The van der Waals surface area contributed by atoms with E-state index in [-0.39, 0.29) is 5.91 Å². The highest BCUT2D eigenvalue weighted by Crippen LogP contribution is 2.27. The number of nitrogens with zero attached hydrogens (tertiary/aromatic N) is 4. The Labute approximate surface area is 272 Å². The minimum atomic E-state index is -0.0394. The number of hydrogen-bond donors (Lipinski definition) is 2. The normalized spacial score (nSPS) is 14.7. The second-order valence-electron chi connectivity index (χ2n) is 11.3. The molecule has 0 saturated carbocycles. The largest absolute Gasteiger partial charge is 0.352 e. The first-order valence-corrected chi connectivity index (χ1v) is 15.7. The van der Waals surface area contributed by atoms with E-state index >= 15 is 0 Å². The summed E-state index contributed by atoms with van der Waals surface area (Å²) >= 11 is 6.17. The highest BCUT2D eigenvalue weighted by Gasteiger charge is 2.17. The van der Waals surface area contributed by atoms with Gasteiger partial charge in [0, 0.05) is 34.6 Å². The summed E-state index contributed by atoms with van der Waals surface area (Å²) in [5.74, 6) is 0.996. The van der Waals surface area contributed by atoms with Crippen LogP contribution in [0, 0.1) is 5.92 Å². The summed E-state index contributed by atoms with van der Waals surface area (Å²) < 4.78 is 1.74. The van der Waals surface area contributed by atoms with E-state index in [9.17, 15) is 4.79 Å². The zero-order valence-corrected chi connectivity index (χ0v) is 27.4. The van der Waals surface area contributed by atoms with Gasteiger partial charge in [-0.1, -0.05) is 60.7 Å². The fraction of sp³-hybridized carbons (Fsp3) is 0.270. The number of rotatable bonds is 9. The first-order chi connectivity index (χ1) is 21.8. The lowest BCUT2D eigenvalue weighted by atomic mass is 9.97. The van der Waals surface area contributed by atoms with Gasteiger partial charge < -0.3 is 15.5 Å². The average Bonchev–Trinajstić information content (AvgIpc) is 3.46. The van der Waals surface area contributed by atoms with Crippen molar-refractivity contribution in [3.05, 3.63) is 126 Å². The van der Waals surface area contributed by atoms with Gasteiger partial charge in [0.15, 0.2) is 5.65 Å². The van der Waals surface area contributed by atoms with E-state index in [4.69, 9.17) is 11.6 Å². The fourth-order valence-corrected chi connectivity index (χ4v) is 5.15. The van der Waals surface area contributed by atoms with Crippen molar-refractivity contribution in [1.82, 2.24) is 24.8 Å². The van der Waals surface area contributed by atoms with Crippen LogP contribution in [-0.2, 0) is 0 Å². The van der Waals surface area contributed by atoms with E-state index in [2.05, 4.69) is 59.2 Å². The van der Waals surface area contributed by atoms with Crippen LogP contribution in [0.2, 0.25) is 5.02 Å². The molecule has 7 nitrogen and oxygen atoms in total. The van der Waals surface area contributed by atoms with Crippen molar-refractivity contribution in [2.75, 3.05) is 32.0 Å². The van der Waals surface area contributed by atoms with Gasteiger partial charge in [-0.15, -0.1) is 5.10 Å². The number of fused-ring (bicyclic) bond motifs is 1. The molecule has 0 spiro atoms. The number of pyridine rings is 1. The van der Waals surface area contributed by atoms with Crippen molar-refractivity contribution >= 4 is 34.8 Å². The Morgan fingerprint density at radius 2 is 1.78 bits per heavy atom. The summed E-state index contributed by atoms with van der Waals surface area (Å²) in [6, 6.07) is 19.0. The summed E-state index contributed by atoms with van der Waals surface area (Å²) in [6.07, 6.45) is 14.1. The molecule has 234 valence electrons. The van der Waals surface area contributed by atoms with Crippen molar-refractivity contribution in [2.45, 2.75) is 33.6 Å². The van der Waals surface area contributed by atoms with Crippen molar-refractivity contribution < 1.29 is 4.79 Å². The number of nitrogens with one attached hydrogen (secondary N) is 2. The highest BCUT2D eigenvalue weighted by molar-refractivity contribution is 6.30. The van der Waals surface area contributed by atoms with Gasteiger partial charge in [-0.3, -0.25) is 4.79 Å². The molecule has 0 radical (unpaired) electrons. The summed E-state index contributed by atoms with van der Waals surface area (Å²) in [7, 11) is 2.14. The number of aromatic nitrogens is 3. The molecule has 1 aliphatic heterocycles. The Kier molecular flexibility index (Phi) is 12.3. The number of piperidine rings is 1. The van der Waals surface area contributed by atoms with Gasteiger partial charge in [0.1, 0.15) is 0 Å². The quantitative estimate of drug-likeness (QED) is 0.183. The molecule has 8 heteroatoms. The standard InChI is InChI=1S/C26H27ClN6O.C11H16/c1-32-14-11-18(12-15-32)17-28-25(34)19-7-9-22(10-8-19)29-26-30-24-23(6-3-13-33(24)31-26)20-4-2-5-21(27)16-20;1-5-7-9-11(4)10(3)8-6-2/h2-10,13,16,18H,11-12,14-15,17H2,1H3,(H,28,34)(H,29,31);5-9H,2H2,1,3-4H3/b;7-5-,10-8+,11-9+. The Balaban J connectivity index is 0.000000360. The minimum absolute atomic E-state index is 0.0394. The fourth-order valence-electron chi connectivity index (χ4n) is 4.96. The number of hydrogen-bond acceptors (Lipinski definition) is 5. The number of allylic oxidation sites excluding steroid dienone is 7. The van der Waals surface area contributed by atoms with E-state index in [1.165, 1.54) is 11.1 Å². The number of carbonyl (C=O) groups excluding carboxylic acids is 1. The molecular formula is C37H43ClN6O. The summed E-state index contributed by atoms with van der Waals surface area (Å²) in [4.78, 5) is 19.6. The summed E-state index contributed by atoms with van der Waals surface area (Å²) in [6.45, 7) is 12.7. The van der Waals surface area contributed by atoms with Crippen molar-refractivity contribution in [3.63, 3.8) is 0 Å². The first-order valence-electron chi connectivity index (χ1n) is 15.3. The van der Waals surface area contributed by atoms with Crippen molar-refractivity contribution in [3.8, 4) is 11.1 Å². The van der Waals surface area contributed by atoms with Crippen LogP contribution in [0.15, 0.2) is 115 Å². The van der Waals surface area contributed by atoms with E-state index in [0.29, 0.717) is 22.5 Å². The lowest BCUT2D eigenvalue weighted by molar-refractivity contribution is 0.0939. The van der Waals surface area contributed by atoms with Crippen LogP contribution in [0.1, 0.15) is 44.0 Å². The molecule has 3 heterocycles. The molecule has 45 heavy (non-hydrogen) atoms. The third-order valence-electron chi connectivity index (χ3n) is 7.82. The predicted octanol–water partition coefficient (Wildman–Crippen LogP) is 8.51. The number of amides is 1. The van der Waals surface area contributed by atoms with Crippen LogP contribution in [0.3, 0.4) is 0 Å². The van der Waals surface area contributed by atoms with Crippen LogP contribution in [0.5, 0.6) is 0 Å². The van der Waals surface area contributed by atoms with Gasteiger partial charge in [0.25, 0.3) is 5.91 Å². The van der Waals surface area contributed by atoms with Gasteiger partial charge in [-0.2, -0.15) is 4.98 Å². The minimum Gasteiger partial charge on any atom is -0.352 e. The molecule has 0 bridgehead atoms. The predicted molar refractivity (Wildman–Crippen MR) is 188 cm³/mol. The molecule has 2 N–H and O–H groups in total. The van der Waals surface area contributed by atoms with Crippen LogP contribution < -0.4 is 10.6 Å². The Morgan fingerprint density at radius 1 is 1.04 bits per heavy atom. The smallest absolute Gasteiger partial charge is 0.251 e. The molecule has 1 aliphatic rings. The lowest BCUT2D eigenvalue weighted by Gasteiger charge is -2.28. The SMILES string of the molecule is C=C/C=C(C)/C(C)=C/C=C\C.CN1CCC(CNC(=O)c2ccc(Nc3nc4c(-c5cccc(Cl)c5)cccn4n3)cc2)CC1. The Hall–Kier alpha value is -4.46. The molecule has 0 atom stereocenters. The van der Waals surface area contributed by atoms with E-state index < -0.39 is 0 Å². The van der Waals surface area contributed by atoms with Gasteiger partial charge in [-0.25, -0.2) is 4.52 Å². The molecule has 0 unspecified atom stereocenters. The molecule has 1 amide bonds. The molecule has 1 fully saturated rings. The van der Waals surface area contributed by atoms with E-state index in [1.54, 1.807) is 4.52 Å². The number of halogens is 1. The molecular weight excluding hydrogens is 580 g/mol. The van der Waals surface area contributed by atoms with Crippen LogP contribution in [0.4, 0.5) is 11.6 Å². The van der Waals surface area contributed by atoms with Crippen LogP contribution in [0.25, 0.3) is 16.8 Å². The molecule has 2 aromatic heterocycles. The van der Waals surface area contributed by atoms with E-state index in [1.807, 2.05) is 98.1 Å². The highest BCUT2D eigenvalue weighted by atomic mass is 35.5. The lowest BCUT2D eigenvalue weighted by Crippen LogP contribution is -2.36. The summed E-state index contributed by atoms with van der Waals surface area (Å²) in [5, 5.41) is 11.5. The molecule has 0 aliphatic carbocycles. The maximum atomic E-state index is 12.6. The Bertz CT molecular complexity index is 1680. The molecule has 4 aromatic rings. The van der Waals surface area contributed by atoms with Gasteiger partial charge in [0.05, 0.1) is 0 Å². The average molecular weight is 623 g/mol. The van der Waals surface area contributed by atoms with Crippen LogP contribution >= 0.6 is 11.6 Å². The third kappa shape index (κ3) is 9.76.